The fourth-order valence-corrected chi connectivity index (χ4v) is 8.17. The molecule has 6 aromatic rings. The van der Waals surface area contributed by atoms with Gasteiger partial charge in [0.2, 0.25) is 0 Å². The SMILES string of the molecule is CP(=O)(OCc1ccccc1)OC1[C@H](OCc2ccccc2)[C@H](OCc2ccccc2)C(OCc2ccccc2)[C@H](OCc2ccccc2)[C@H]1OCc1ccccc1. The Hall–Kier alpha value is -4.73. The van der Waals surface area contributed by atoms with Crippen LogP contribution in [0, 0.1) is 0 Å². The molecule has 300 valence electrons. The number of rotatable bonds is 20. The lowest BCUT2D eigenvalue weighted by Gasteiger charge is -2.50. The third kappa shape index (κ3) is 12.1. The third-order valence-electron chi connectivity index (χ3n) is 9.99. The fourth-order valence-electron chi connectivity index (χ4n) is 7.04. The van der Waals surface area contributed by atoms with Crippen molar-refractivity contribution in [2.75, 3.05) is 6.66 Å². The molecule has 1 fully saturated rings. The van der Waals surface area contributed by atoms with Crippen LogP contribution in [0.2, 0.25) is 0 Å². The average Bonchev–Trinajstić information content (AvgIpc) is 3.27. The molecule has 0 amide bonds. The Kier molecular flexibility index (Phi) is 15.2. The van der Waals surface area contributed by atoms with Gasteiger partial charge in [0, 0.05) is 6.66 Å². The molecule has 0 N–H and O–H groups in total. The van der Waals surface area contributed by atoms with Crippen molar-refractivity contribution in [3.05, 3.63) is 215 Å². The van der Waals surface area contributed by atoms with E-state index in [4.69, 9.17) is 32.7 Å². The van der Waals surface area contributed by atoms with Crippen molar-refractivity contribution in [2.24, 2.45) is 0 Å². The molecule has 1 saturated carbocycles. The molecule has 6 aromatic carbocycles. The summed E-state index contributed by atoms with van der Waals surface area (Å²) in [5.74, 6) is 0. The second-order valence-corrected chi connectivity index (χ2v) is 16.4. The van der Waals surface area contributed by atoms with Crippen LogP contribution in [0.1, 0.15) is 33.4 Å². The highest BCUT2D eigenvalue weighted by Gasteiger charge is 2.56. The maximum absolute atomic E-state index is 14.6. The molecule has 7 rings (SSSR count). The van der Waals surface area contributed by atoms with E-state index in [0.29, 0.717) is 0 Å². The standard InChI is InChI=1S/C49H51O8P/c1-58(50,56-37-43-30-18-7-19-31-43)57-49-47(54-35-41-26-14-5-15-27-41)45(52-33-39-22-10-3-11-23-39)44(51-32-38-20-8-2-9-21-38)46(53-34-40-24-12-4-13-25-40)48(49)55-36-42-28-16-6-17-29-42/h2-31,44-49H,32-37H2,1H3/t44?,45-,46+,47-,48-,49?,58?/m1/s1. The van der Waals surface area contributed by atoms with E-state index in [1.807, 2.05) is 182 Å². The highest BCUT2D eigenvalue weighted by molar-refractivity contribution is 7.52. The van der Waals surface area contributed by atoms with E-state index in [1.54, 1.807) is 0 Å². The van der Waals surface area contributed by atoms with E-state index >= 15 is 0 Å². The van der Waals surface area contributed by atoms with Crippen LogP contribution >= 0.6 is 7.60 Å². The first-order valence-electron chi connectivity index (χ1n) is 19.7. The minimum atomic E-state index is -3.79. The highest BCUT2D eigenvalue weighted by atomic mass is 31.2. The molecular weight excluding hydrogens is 748 g/mol. The molecule has 0 saturated heterocycles. The quantitative estimate of drug-likeness (QED) is 0.0707. The summed E-state index contributed by atoms with van der Waals surface area (Å²) in [4.78, 5) is 0. The van der Waals surface area contributed by atoms with Gasteiger partial charge in [-0.05, 0) is 33.4 Å². The Morgan fingerprint density at radius 1 is 0.328 bits per heavy atom. The molecule has 0 radical (unpaired) electrons. The van der Waals surface area contributed by atoms with E-state index in [2.05, 4.69) is 0 Å². The van der Waals surface area contributed by atoms with Crippen LogP contribution < -0.4 is 0 Å². The first-order valence-corrected chi connectivity index (χ1v) is 21.7. The Labute approximate surface area is 342 Å². The molecule has 1 aliphatic carbocycles. The van der Waals surface area contributed by atoms with Gasteiger partial charge in [-0.3, -0.25) is 9.09 Å². The van der Waals surface area contributed by atoms with Gasteiger partial charge in [0.15, 0.2) is 0 Å². The van der Waals surface area contributed by atoms with E-state index in [9.17, 15) is 4.57 Å². The van der Waals surface area contributed by atoms with E-state index in [-0.39, 0.29) is 39.6 Å². The molecule has 0 heterocycles. The summed E-state index contributed by atoms with van der Waals surface area (Å²) in [6.07, 6.45) is -4.97. The smallest absolute Gasteiger partial charge is 0.328 e. The molecule has 3 unspecified atom stereocenters. The summed E-state index contributed by atoms with van der Waals surface area (Å²) in [5.41, 5.74) is 5.71. The Morgan fingerprint density at radius 2 is 0.534 bits per heavy atom. The van der Waals surface area contributed by atoms with Crippen molar-refractivity contribution in [1.29, 1.82) is 0 Å². The molecule has 8 nitrogen and oxygen atoms in total. The zero-order valence-electron chi connectivity index (χ0n) is 32.7. The predicted molar refractivity (Wildman–Crippen MR) is 225 cm³/mol. The second-order valence-electron chi connectivity index (χ2n) is 14.4. The lowest BCUT2D eigenvalue weighted by atomic mass is 9.83. The summed E-state index contributed by atoms with van der Waals surface area (Å²) in [5, 5.41) is 0. The van der Waals surface area contributed by atoms with Gasteiger partial charge in [0.25, 0.3) is 0 Å². The normalized spacial score (nSPS) is 21.6. The van der Waals surface area contributed by atoms with E-state index in [1.165, 1.54) is 6.66 Å². The van der Waals surface area contributed by atoms with Crippen molar-refractivity contribution < 1.29 is 37.3 Å². The first-order chi connectivity index (χ1) is 28.5. The maximum atomic E-state index is 14.6. The molecule has 0 bridgehead atoms. The summed E-state index contributed by atoms with van der Waals surface area (Å²) in [6, 6.07) is 59.4. The summed E-state index contributed by atoms with van der Waals surface area (Å²) in [6.45, 7) is 2.82. The lowest BCUT2D eigenvalue weighted by molar-refractivity contribution is -0.279. The Bertz CT molecular complexity index is 1990. The molecule has 0 aliphatic heterocycles. The first kappa shape index (κ1) is 41.4. The second kappa shape index (κ2) is 21.3. The van der Waals surface area contributed by atoms with E-state index < -0.39 is 44.2 Å². The number of ether oxygens (including phenoxy) is 5. The van der Waals surface area contributed by atoms with Gasteiger partial charge in [0.1, 0.15) is 36.6 Å². The van der Waals surface area contributed by atoms with Crippen LogP contribution in [-0.4, -0.2) is 43.3 Å². The molecule has 0 spiro atoms. The van der Waals surface area contributed by atoms with Crippen LogP contribution in [0.15, 0.2) is 182 Å². The largest absolute Gasteiger partial charge is 0.368 e. The Balaban J connectivity index is 1.31. The number of hydrogen-bond donors (Lipinski definition) is 0. The van der Waals surface area contributed by atoms with Crippen LogP contribution in [0.25, 0.3) is 0 Å². The maximum Gasteiger partial charge on any atom is 0.328 e. The van der Waals surface area contributed by atoms with Gasteiger partial charge in [-0.25, -0.2) is 0 Å². The van der Waals surface area contributed by atoms with Crippen molar-refractivity contribution >= 4 is 7.60 Å². The summed E-state index contributed by atoms with van der Waals surface area (Å²) < 4.78 is 62.1. The average molecular weight is 799 g/mol. The van der Waals surface area contributed by atoms with Crippen LogP contribution in [0.5, 0.6) is 0 Å². The van der Waals surface area contributed by atoms with Gasteiger partial charge in [-0.1, -0.05) is 182 Å². The zero-order chi connectivity index (χ0) is 39.8. The highest BCUT2D eigenvalue weighted by Crippen LogP contribution is 2.50. The third-order valence-corrected chi connectivity index (χ3v) is 11.2. The van der Waals surface area contributed by atoms with Crippen molar-refractivity contribution in [1.82, 2.24) is 0 Å². The zero-order valence-corrected chi connectivity index (χ0v) is 33.6. The minimum absolute atomic E-state index is 0.0943. The van der Waals surface area contributed by atoms with Crippen LogP contribution in [0.4, 0.5) is 0 Å². The minimum Gasteiger partial charge on any atom is -0.368 e. The monoisotopic (exact) mass is 798 g/mol. The molecule has 1 aliphatic rings. The van der Waals surface area contributed by atoms with E-state index in [0.717, 1.165) is 33.4 Å². The van der Waals surface area contributed by atoms with Crippen LogP contribution in [0.3, 0.4) is 0 Å². The van der Waals surface area contributed by atoms with Gasteiger partial charge in [-0.15, -0.1) is 0 Å². The molecule has 9 heteroatoms. The number of hydrogen-bond acceptors (Lipinski definition) is 8. The number of benzene rings is 6. The van der Waals surface area contributed by atoms with Gasteiger partial charge >= 0.3 is 7.60 Å². The molecule has 58 heavy (non-hydrogen) atoms. The Morgan fingerprint density at radius 3 is 0.776 bits per heavy atom. The van der Waals surface area contributed by atoms with Crippen molar-refractivity contribution in [3.8, 4) is 0 Å². The summed E-state index contributed by atoms with van der Waals surface area (Å²) in [7, 11) is -3.79. The van der Waals surface area contributed by atoms with Gasteiger partial charge in [-0.2, -0.15) is 0 Å². The topological polar surface area (TPSA) is 81.7 Å². The molecule has 0 aromatic heterocycles. The fraction of sp³-hybridized carbons (Fsp3) is 0.265. The van der Waals surface area contributed by atoms with Gasteiger partial charge < -0.3 is 28.2 Å². The molecular formula is C49H51O8P. The lowest BCUT2D eigenvalue weighted by Crippen LogP contribution is -2.67. The predicted octanol–water partition coefficient (Wildman–Crippen LogP) is 10.4. The van der Waals surface area contributed by atoms with Crippen molar-refractivity contribution in [2.45, 2.75) is 76.3 Å². The van der Waals surface area contributed by atoms with Gasteiger partial charge in [0.05, 0.1) is 39.6 Å². The van der Waals surface area contributed by atoms with Crippen LogP contribution in [-0.2, 0) is 76.9 Å². The summed E-state index contributed by atoms with van der Waals surface area (Å²) >= 11 is 0. The molecule has 7 atom stereocenters. The van der Waals surface area contributed by atoms with Crippen molar-refractivity contribution in [3.63, 3.8) is 0 Å².